The number of nitrogens with zero attached hydrogens (tertiary/aromatic N) is 1. The highest BCUT2D eigenvalue weighted by molar-refractivity contribution is 9.10. The average Bonchev–Trinajstić information content (AvgIpc) is 3.15. The Kier molecular flexibility index (Phi) is 8.21. The maximum Gasteiger partial charge on any atom is 0.271 e. The van der Waals surface area contributed by atoms with Gasteiger partial charge in [-0.2, -0.15) is 0 Å². The number of halogens is 1. The summed E-state index contributed by atoms with van der Waals surface area (Å²) in [7, 11) is -2.29. The first-order chi connectivity index (χ1) is 18.0. The molecule has 196 valence electrons. The standard InChI is InChI=1S/C25H21BrN4O6S2/c1-35-19-7-5-18(6-8-19)30-24(32)22(37-25(30)27)13-15-12-16(26)2-11-21(15)36-14-23(31)29-17-3-9-20(10-4-17)38(28,33)34/h2-13,27H,14H2,1H3,(H,29,31)(H2,28,33,34)/b22-13-,27-25?. The third-order valence-corrected chi connectivity index (χ3v) is 7.55. The van der Waals surface area contributed by atoms with Crippen molar-refractivity contribution >= 4 is 72.1 Å². The highest BCUT2D eigenvalue weighted by Gasteiger charge is 2.33. The summed E-state index contributed by atoms with van der Waals surface area (Å²) in [6.45, 7) is -0.344. The molecule has 0 atom stereocenters. The van der Waals surface area contributed by atoms with Gasteiger partial charge in [0, 0.05) is 15.7 Å². The zero-order valence-corrected chi connectivity index (χ0v) is 23.0. The minimum Gasteiger partial charge on any atom is -0.497 e. The first kappa shape index (κ1) is 27.4. The molecule has 13 heteroatoms. The van der Waals surface area contributed by atoms with Crippen LogP contribution in [0.3, 0.4) is 0 Å². The summed E-state index contributed by atoms with van der Waals surface area (Å²) in [6.07, 6.45) is 1.61. The Morgan fingerprint density at radius 3 is 2.45 bits per heavy atom. The molecule has 0 aromatic heterocycles. The van der Waals surface area contributed by atoms with E-state index >= 15 is 0 Å². The largest absolute Gasteiger partial charge is 0.497 e. The number of benzene rings is 3. The second kappa shape index (κ2) is 11.4. The fourth-order valence-corrected chi connectivity index (χ4v) is 5.17. The third kappa shape index (κ3) is 6.42. The fourth-order valence-electron chi connectivity index (χ4n) is 3.43. The second-order valence-corrected chi connectivity index (χ2v) is 11.4. The van der Waals surface area contributed by atoms with E-state index in [2.05, 4.69) is 21.2 Å². The van der Waals surface area contributed by atoms with Crippen LogP contribution in [0.25, 0.3) is 6.08 Å². The van der Waals surface area contributed by atoms with Gasteiger partial charge in [0.2, 0.25) is 10.0 Å². The molecule has 1 heterocycles. The number of methoxy groups -OCH3 is 1. The highest BCUT2D eigenvalue weighted by Crippen LogP contribution is 2.37. The number of carbonyl (C=O) groups is 2. The van der Waals surface area contributed by atoms with Crippen molar-refractivity contribution in [3.63, 3.8) is 0 Å². The van der Waals surface area contributed by atoms with E-state index < -0.39 is 15.9 Å². The number of amidine groups is 1. The topological polar surface area (TPSA) is 152 Å². The molecule has 4 N–H and O–H groups in total. The highest BCUT2D eigenvalue weighted by atomic mass is 79.9. The van der Waals surface area contributed by atoms with Crippen molar-refractivity contribution < 1.29 is 27.5 Å². The van der Waals surface area contributed by atoms with E-state index in [4.69, 9.17) is 20.0 Å². The molecule has 0 radical (unpaired) electrons. The molecule has 0 unspecified atom stereocenters. The molecule has 4 rings (SSSR count). The first-order valence-corrected chi connectivity index (χ1v) is 14.0. The molecule has 3 aromatic rings. The summed E-state index contributed by atoms with van der Waals surface area (Å²) < 4.78 is 34.4. The van der Waals surface area contributed by atoms with Crippen molar-refractivity contribution in [2.24, 2.45) is 5.14 Å². The molecule has 1 saturated heterocycles. The molecule has 1 fully saturated rings. The van der Waals surface area contributed by atoms with Gasteiger partial charge >= 0.3 is 0 Å². The van der Waals surface area contributed by atoms with Crippen LogP contribution >= 0.6 is 27.7 Å². The lowest BCUT2D eigenvalue weighted by atomic mass is 10.2. The van der Waals surface area contributed by atoms with Crippen LogP contribution in [0, 0.1) is 5.41 Å². The van der Waals surface area contributed by atoms with E-state index in [0.717, 1.165) is 16.2 Å². The van der Waals surface area contributed by atoms with E-state index in [1.54, 1.807) is 55.7 Å². The van der Waals surface area contributed by atoms with Crippen molar-refractivity contribution in [2.45, 2.75) is 4.90 Å². The van der Waals surface area contributed by atoms with Gasteiger partial charge in [0.15, 0.2) is 11.8 Å². The van der Waals surface area contributed by atoms with E-state index in [0.29, 0.717) is 33.3 Å². The number of hydrogen-bond donors (Lipinski definition) is 3. The van der Waals surface area contributed by atoms with Gasteiger partial charge in [0.05, 0.1) is 22.6 Å². The number of rotatable bonds is 8. The minimum absolute atomic E-state index is 0.0525. The van der Waals surface area contributed by atoms with Gasteiger partial charge in [-0.05, 0) is 84.6 Å². The summed E-state index contributed by atoms with van der Waals surface area (Å²) in [5.41, 5.74) is 1.44. The lowest BCUT2D eigenvalue weighted by Gasteiger charge is -2.14. The predicted octanol–water partition coefficient (Wildman–Crippen LogP) is 4.18. The Morgan fingerprint density at radius 2 is 1.82 bits per heavy atom. The van der Waals surface area contributed by atoms with Crippen LogP contribution in [0.1, 0.15) is 5.56 Å². The number of carbonyl (C=O) groups excluding carboxylic acids is 2. The maximum absolute atomic E-state index is 13.1. The number of ether oxygens (including phenoxy) is 2. The molecule has 2 amide bonds. The van der Waals surface area contributed by atoms with Gasteiger partial charge in [0.25, 0.3) is 11.8 Å². The number of nitrogens with two attached hydrogens (primary N) is 1. The normalized spacial score (nSPS) is 14.6. The van der Waals surface area contributed by atoms with Crippen LogP contribution in [0.5, 0.6) is 11.5 Å². The van der Waals surface area contributed by atoms with Crippen LogP contribution < -0.4 is 24.8 Å². The third-order valence-electron chi connectivity index (χ3n) is 5.24. The van der Waals surface area contributed by atoms with E-state index in [1.807, 2.05) is 0 Å². The Hall–Kier alpha value is -3.65. The van der Waals surface area contributed by atoms with Crippen molar-refractivity contribution in [2.75, 3.05) is 23.9 Å². The number of thioether (sulfide) groups is 1. The zero-order valence-electron chi connectivity index (χ0n) is 19.8. The van der Waals surface area contributed by atoms with Crippen LogP contribution in [0.4, 0.5) is 11.4 Å². The van der Waals surface area contributed by atoms with Gasteiger partial charge in [0.1, 0.15) is 11.5 Å². The van der Waals surface area contributed by atoms with Crippen LogP contribution in [0.15, 0.2) is 81.0 Å². The Morgan fingerprint density at radius 1 is 1.13 bits per heavy atom. The summed E-state index contributed by atoms with van der Waals surface area (Å²) in [5, 5.41) is 16.1. The van der Waals surface area contributed by atoms with Gasteiger partial charge in [-0.15, -0.1) is 0 Å². The Balaban J connectivity index is 1.48. The number of hydrogen-bond acceptors (Lipinski definition) is 8. The van der Waals surface area contributed by atoms with Gasteiger partial charge in [-0.3, -0.25) is 19.9 Å². The van der Waals surface area contributed by atoms with Crippen molar-refractivity contribution in [3.05, 3.63) is 81.7 Å². The first-order valence-electron chi connectivity index (χ1n) is 10.9. The minimum atomic E-state index is -3.84. The Bertz CT molecular complexity index is 1540. The molecule has 0 bridgehead atoms. The van der Waals surface area contributed by atoms with E-state index in [9.17, 15) is 18.0 Å². The molecule has 0 aliphatic carbocycles. The van der Waals surface area contributed by atoms with Gasteiger partial charge in [-0.25, -0.2) is 13.6 Å². The monoisotopic (exact) mass is 616 g/mol. The number of amides is 2. The SMILES string of the molecule is COc1ccc(N2C(=N)S/C(=C\c3cc(Br)ccc3OCC(=O)Nc3ccc(S(N)(=O)=O)cc3)C2=O)cc1. The zero-order chi connectivity index (χ0) is 27.4. The summed E-state index contributed by atoms with van der Waals surface area (Å²) in [6, 6.07) is 17.3. The summed E-state index contributed by atoms with van der Waals surface area (Å²) in [4.78, 5) is 27.1. The quantitative estimate of drug-likeness (QED) is 0.321. The number of primary sulfonamides is 1. The number of sulfonamides is 1. The molecular formula is C25H21BrN4O6S2. The van der Waals surface area contributed by atoms with Crippen molar-refractivity contribution in [1.82, 2.24) is 0 Å². The van der Waals surface area contributed by atoms with E-state index in [1.165, 1.54) is 29.2 Å². The maximum atomic E-state index is 13.1. The second-order valence-electron chi connectivity index (χ2n) is 7.84. The van der Waals surface area contributed by atoms with Crippen molar-refractivity contribution in [1.29, 1.82) is 5.41 Å². The molecule has 1 aliphatic rings. The predicted molar refractivity (Wildman–Crippen MR) is 150 cm³/mol. The molecule has 10 nitrogen and oxygen atoms in total. The average molecular weight is 618 g/mol. The summed E-state index contributed by atoms with van der Waals surface area (Å²) >= 11 is 4.42. The fraction of sp³-hybridized carbons (Fsp3) is 0.0800. The van der Waals surface area contributed by atoms with Gasteiger partial charge in [-0.1, -0.05) is 15.9 Å². The molecule has 3 aromatic carbocycles. The van der Waals surface area contributed by atoms with Crippen LogP contribution in [-0.4, -0.2) is 39.1 Å². The summed E-state index contributed by atoms with van der Waals surface area (Å²) in [5.74, 6) is 0.143. The molecule has 38 heavy (non-hydrogen) atoms. The molecule has 0 saturated carbocycles. The van der Waals surface area contributed by atoms with Crippen molar-refractivity contribution in [3.8, 4) is 11.5 Å². The molecular weight excluding hydrogens is 596 g/mol. The van der Waals surface area contributed by atoms with Gasteiger partial charge < -0.3 is 14.8 Å². The molecule has 1 aliphatic heterocycles. The van der Waals surface area contributed by atoms with E-state index in [-0.39, 0.29) is 22.6 Å². The van der Waals surface area contributed by atoms with Crippen LogP contribution in [0.2, 0.25) is 0 Å². The Labute approximate surface area is 231 Å². The smallest absolute Gasteiger partial charge is 0.271 e. The molecule has 0 spiro atoms. The number of nitrogens with one attached hydrogen (secondary N) is 2. The van der Waals surface area contributed by atoms with Crippen LogP contribution in [-0.2, 0) is 19.6 Å². The lowest BCUT2D eigenvalue weighted by Crippen LogP contribution is -2.28. The number of anilines is 2. The lowest BCUT2D eigenvalue weighted by molar-refractivity contribution is -0.118.